The van der Waals surface area contributed by atoms with Gasteiger partial charge in [0.15, 0.2) is 11.6 Å². The van der Waals surface area contributed by atoms with Gasteiger partial charge in [-0.05, 0) is 29.8 Å². The summed E-state index contributed by atoms with van der Waals surface area (Å²) >= 11 is 0. The van der Waals surface area contributed by atoms with Crippen LogP contribution in [-0.4, -0.2) is 10.1 Å². The molecule has 0 spiro atoms. The van der Waals surface area contributed by atoms with Crippen LogP contribution < -0.4 is 0 Å². The van der Waals surface area contributed by atoms with Crippen LogP contribution in [0.15, 0.2) is 30.3 Å². The van der Waals surface area contributed by atoms with Gasteiger partial charge in [0.2, 0.25) is 0 Å². The van der Waals surface area contributed by atoms with Gasteiger partial charge in [-0.3, -0.25) is 0 Å². The Balaban J connectivity index is 2.65. The minimum Gasteiger partial charge on any atom is -0.392 e. The summed E-state index contributed by atoms with van der Waals surface area (Å²) in [6, 6.07) is 4.85. The molecule has 0 atom stereocenters. The third-order valence-electron chi connectivity index (χ3n) is 2.59. The number of benzene rings is 1. The zero-order valence-corrected chi connectivity index (χ0v) is 9.88. The van der Waals surface area contributed by atoms with Gasteiger partial charge in [0.05, 0.1) is 12.3 Å². The summed E-state index contributed by atoms with van der Waals surface area (Å²) in [4.78, 5) is 3.28. The topological polar surface area (TPSA) is 33.1 Å². The van der Waals surface area contributed by atoms with Crippen molar-refractivity contribution in [3.8, 4) is 11.3 Å². The minimum absolute atomic E-state index is 0.0917. The van der Waals surface area contributed by atoms with Crippen molar-refractivity contribution in [2.45, 2.75) is 12.8 Å². The van der Waals surface area contributed by atoms with E-state index in [1.165, 1.54) is 0 Å². The first-order valence-corrected chi connectivity index (χ1v) is 5.46. The predicted molar refractivity (Wildman–Crippen MR) is 60.5 cm³/mol. The van der Waals surface area contributed by atoms with Crippen LogP contribution in [0.5, 0.6) is 0 Å². The summed E-state index contributed by atoms with van der Waals surface area (Å²) in [5.41, 5.74) is -2.15. The van der Waals surface area contributed by atoms with Crippen LogP contribution in [-0.2, 0) is 12.8 Å². The third-order valence-corrected chi connectivity index (χ3v) is 2.59. The van der Waals surface area contributed by atoms with Gasteiger partial charge >= 0.3 is 6.18 Å². The molecule has 106 valence electrons. The van der Waals surface area contributed by atoms with E-state index in [4.69, 9.17) is 5.11 Å². The zero-order chi connectivity index (χ0) is 14.9. The Kier molecular flexibility index (Phi) is 3.71. The molecule has 1 aromatic carbocycles. The SMILES string of the molecule is OCc1cc(-c2cccc(F)c2F)nc(C(F)(F)F)c1. The Bertz CT molecular complexity index is 639. The molecule has 0 aliphatic rings. The molecule has 20 heavy (non-hydrogen) atoms. The molecular formula is C13H8F5NO. The number of rotatable bonds is 2. The Morgan fingerprint density at radius 1 is 1.10 bits per heavy atom. The van der Waals surface area contributed by atoms with E-state index in [1.54, 1.807) is 0 Å². The second kappa shape index (κ2) is 5.16. The van der Waals surface area contributed by atoms with Crippen molar-refractivity contribution < 1.29 is 27.1 Å². The van der Waals surface area contributed by atoms with Crippen LogP contribution in [0.4, 0.5) is 22.0 Å². The van der Waals surface area contributed by atoms with Gasteiger partial charge in [-0.2, -0.15) is 13.2 Å². The predicted octanol–water partition coefficient (Wildman–Crippen LogP) is 3.54. The number of nitrogens with zero attached hydrogens (tertiary/aromatic N) is 1. The lowest BCUT2D eigenvalue weighted by Gasteiger charge is -2.11. The molecule has 0 aliphatic heterocycles. The van der Waals surface area contributed by atoms with Gasteiger partial charge < -0.3 is 5.11 Å². The number of hydrogen-bond donors (Lipinski definition) is 1. The van der Waals surface area contributed by atoms with Crippen molar-refractivity contribution in [2.24, 2.45) is 0 Å². The Morgan fingerprint density at radius 3 is 2.40 bits per heavy atom. The van der Waals surface area contributed by atoms with Crippen molar-refractivity contribution in [1.82, 2.24) is 4.98 Å². The van der Waals surface area contributed by atoms with Crippen molar-refractivity contribution >= 4 is 0 Å². The van der Waals surface area contributed by atoms with E-state index in [2.05, 4.69) is 4.98 Å². The van der Waals surface area contributed by atoms with Crippen LogP contribution >= 0.6 is 0 Å². The van der Waals surface area contributed by atoms with E-state index in [1.807, 2.05) is 0 Å². The smallest absolute Gasteiger partial charge is 0.392 e. The highest BCUT2D eigenvalue weighted by molar-refractivity contribution is 5.61. The molecule has 0 saturated carbocycles. The molecule has 0 bridgehead atoms. The summed E-state index contributed by atoms with van der Waals surface area (Å²) in [6.07, 6.45) is -4.75. The minimum atomic E-state index is -4.75. The number of aliphatic hydroxyl groups is 1. The molecule has 2 aromatic rings. The highest BCUT2D eigenvalue weighted by Gasteiger charge is 2.33. The van der Waals surface area contributed by atoms with Crippen molar-refractivity contribution in [3.63, 3.8) is 0 Å². The number of pyridine rings is 1. The van der Waals surface area contributed by atoms with Crippen LogP contribution in [0.2, 0.25) is 0 Å². The van der Waals surface area contributed by atoms with Crippen molar-refractivity contribution in [2.75, 3.05) is 0 Å². The molecule has 2 rings (SSSR count). The maximum absolute atomic E-state index is 13.6. The molecule has 1 N–H and O–H groups in total. The zero-order valence-electron chi connectivity index (χ0n) is 9.88. The lowest BCUT2D eigenvalue weighted by molar-refractivity contribution is -0.141. The fourth-order valence-electron chi connectivity index (χ4n) is 1.66. The number of aromatic nitrogens is 1. The standard InChI is InChI=1S/C13H8F5NO/c14-9-3-1-2-8(12(9)15)10-4-7(6-20)5-11(19-10)13(16,17)18/h1-5,20H,6H2. The Hall–Kier alpha value is -2.02. The van der Waals surface area contributed by atoms with Gasteiger partial charge in [0, 0.05) is 5.56 Å². The van der Waals surface area contributed by atoms with Crippen LogP contribution in [0, 0.1) is 11.6 Å². The van der Waals surface area contributed by atoms with Crippen LogP contribution in [0.25, 0.3) is 11.3 Å². The second-order valence-corrected chi connectivity index (χ2v) is 4.00. The van der Waals surface area contributed by atoms with E-state index in [-0.39, 0.29) is 11.3 Å². The van der Waals surface area contributed by atoms with Crippen molar-refractivity contribution in [1.29, 1.82) is 0 Å². The van der Waals surface area contributed by atoms with E-state index >= 15 is 0 Å². The summed E-state index contributed by atoms with van der Waals surface area (Å²) < 4.78 is 64.7. The summed E-state index contributed by atoms with van der Waals surface area (Å²) in [5, 5.41) is 8.96. The van der Waals surface area contributed by atoms with E-state index in [9.17, 15) is 22.0 Å². The van der Waals surface area contributed by atoms with Gasteiger partial charge in [-0.1, -0.05) is 6.07 Å². The number of halogens is 5. The molecule has 1 heterocycles. The molecular weight excluding hydrogens is 281 g/mol. The summed E-state index contributed by atoms with van der Waals surface area (Å²) in [5.74, 6) is -2.48. The lowest BCUT2D eigenvalue weighted by Crippen LogP contribution is -2.10. The number of alkyl halides is 3. The average molecular weight is 289 g/mol. The van der Waals surface area contributed by atoms with Gasteiger partial charge in [0.1, 0.15) is 5.69 Å². The fourth-order valence-corrected chi connectivity index (χ4v) is 1.66. The molecule has 0 amide bonds. The highest BCUT2D eigenvalue weighted by Crippen LogP contribution is 2.31. The largest absolute Gasteiger partial charge is 0.433 e. The fraction of sp³-hybridized carbons (Fsp3) is 0.154. The molecule has 0 fully saturated rings. The summed E-state index contributed by atoms with van der Waals surface area (Å²) in [6.45, 7) is -0.671. The second-order valence-electron chi connectivity index (χ2n) is 4.00. The third kappa shape index (κ3) is 2.77. The molecule has 0 unspecified atom stereocenters. The number of aliphatic hydroxyl groups excluding tert-OH is 1. The lowest BCUT2D eigenvalue weighted by atomic mass is 10.1. The van der Waals surface area contributed by atoms with E-state index in [0.29, 0.717) is 6.07 Å². The quantitative estimate of drug-likeness (QED) is 0.858. The van der Waals surface area contributed by atoms with E-state index < -0.39 is 35.7 Å². The first kappa shape index (κ1) is 14.4. The molecule has 7 heteroatoms. The average Bonchev–Trinajstić information content (AvgIpc) is 2.40. The first-order chi connectivity index (χ1) is 9.32. The molecule has 1 aromatic heterocycles. The van der Waals surface area contributed by atoms with Crippen LogP contribution in [0.1, 0.15) is 11.3 Å². The highest BCUT2D eigenvalue weighted by atomic mass is 19.4. The van der Waals surface area contributed by atoms with E-state index in [0.717, 1.165) is 24.3 Å². The van der Waals surface area contributed by atoms with Gasteiger partial charge in [-0.25, -0.2) is 13.8 Å². The Morgan fingerprint density at radius 2 is 1.80 bits per heavy atom. The van der Waals surface area contributed by atoms with Crippen molar-refractivity contribution in [3.05, 3.63) is 53.2 Å². The Labute approximate surface area is 110 Å². The maximum Gasteiger partial charge on any atom is 0.433 e. The normalized spacial score (nSPS) is 11.7. The molecule has 0 radical (unpaired) electrons. The molecule has 2 nitrogen and oxygen atoms in total. The molecule has 0 aliphatic carbocycles. The summed E-state index contributed by atoms with van der Waals surface area (Å²) in [7, 11) is 0. The monoisotopic (exact) mass is 289 g/mol. The van der Waals surface area contributed by atoms with Gasteiger partial charge in [0.25, 0.3) is 0 Å². The van der Waals surface area contributed by atoms with Gasteiger partial charge in [-0.15, -0.1) is 0 Å². The molecule has 0 saturated heterocycles. The number of hydrogen-bond acceptors (Lipinski definition) is 2. The first-order valence-electron chi connectivity index (χ1n) is 5.46. The van der Waals surface area contributed by atoms with Crippen LogP contribution in [0.3, 0.4) is 0 Å². The maximum atomic E-state index is 13.6.